The number of hydrogen-bond donors (Lipinski definition) is 2. The third-order valence-electron chi connectivity index (χ3n) is 7.33. The molecule has 1 spiro atoms. The minimum absolute atomic E-state index is 0.116. The molecule has 0 aromatic rings. The minimum Gasteiger partial charge on any atom is -0.352 e. The Morgan fingerprint density at radius 2 is 1.92 bits per heavy atom. The lowest BCUT2D eigenvalue weighted by Crippen LogP contribution is -2.48. The number of nitrogens with one attached hydrogen (secondary N) is 2. The lowest BCUT2D eigenvalue weighted by molar-refractivity contribution is -0.135. The van der Waals surface area contributed by atoms with Crippen molar-refractivity contribution in [2.24, 2.45) is 17.8 Å². The van der Waals surface area contributed by atoms with Crippen LogP contribution in [0.5, 0.6) is 0 Å². The molecule has 4 fully saturated rings. The largest absolute Gasteiger partial charge is 0.352 e. The fourth-order valence-corrected chi connectivity index (χ4v) is 5.95. The topological polar surface area (TPSA) is 78.5 Å². The van der Waals surface area contributed by atoms with Crippen LogP contribution in [0.1, 0.15) is 71.1 Å². The van der Waals surface area contributed by atoms with Gasteiger partial charge in [0, 0.05) is 6.04 Å². The van der Waals surface area contributed by atoms with Crippen LogP contribution in [0.3, 0.4) is 0 Å². The second-order valence-corrected chi connectivity index (χ2v) is 9.01. The number of rotatable bonds is 4. The molecule has 6 nitrogen and oxygen atoms in total. The number of urea groups is 1. The molecule has 0 radical (unpaired) electrons. The van der Waals surface area contributed by atoms with E-state index in [1.807, 2.05) is 0 Å². The highest BCUT2D eigenvalue weighted by Gasteiger charge is 2.51. The van der Waals surface area contributed by atoms with E-state index < -0.39 is 11.6 Å². The maximum Gasteiger partial charge on any atom is 0.325 e. The molecule has 4 unspecified atom stereocenters. The summed E-state index contributed by atoms with van der Waals surface area (Å²) < 4.78 is 0. The van der Waals surface area contributed by atoms with Crippen molar-refractivity contribution in [2.45, 2.75) is 82.7 Å². The van der Waals surface area contributed by atoms with E-state index in [-0.39, 0.29) is 24.4 Å². The molecule has 144 valence electrons. The second-order valence-electron chi connectivity index (χ2n) is 9.01. The predicted octanol–water partition coefficient (Wildman–Crippen LogP) is 2.57. The fourth-order valence-electron chi connectivity index (χ4n) is 5.95. The van der Waals surface area contributed by atoms with Crippen molar-refractivity contribution in [3.63, 3.8) is 0 Å². The van der Waals surface area contributed by atoms with Crippen LogP contribution in [0.2, 0.25) is 0 Å². The van der Waals surface area contributed by atoms with Crippen LogP contribution >= 0.6 is 0 Å². The maximum atomic E-state index is 12.9. The van der Waals surface area contributed by atoms with E-state index in [9.17, 15) is 14.4 Å². The molecule has 2 bridgehead atoms. The van der Waals surface area contributed by atoms with Crippen molar-refractivity contribution in [3.05, 3.63) is 0 Å². The van der Waals surface area contributed by atoms with E-state index in [1.165, 1.54) is 25.7 Å². The molecule has 2 N–H and O–H groups in total. The van der Waals surface area contributed by atoms with Gasteiger partial charge >= 0.3 is 6.03 Å². The van der Waals surface area contributed by atoms with Gasteiger partial charge in [0.25, 0.3) is 5.91 Å². The van der Waals surface area contributed by atoms with Gasteiger partial charge in [-0.05, 0) is 56.8 Å². The Balaban J connectivity index is 1.35. The van der Waals surface area contributed by atoms with Gasteiger partial charge in [0.15, 0.2) is 0 Å². The number of hydrogen-bond acceptors (Lipinski definition) is 3. The molecule has 6 heteroatoms. The normalized spacial score (nSPS) is 34.0. The third kappa shape index (κ3) is 3.12. The zero-order valence-electron chi connectivity index (χ0n) is 15.8. The summed E-state index contributed by atoms with van der Waals surface area (Å²) in [6, 6.07) is -0.287. The van der Waals surface area contributed by atoms with E-state index in [4.69, 9.17) is 0 Å². The molecule has 3 saturated carbocycles. The number of imide groups is 1. The summed E-state index contributed by atoms with van der Waals surface area (Å²) in [6.45, 7) is 1.92. The summed E-state index contributed by atoms with van der Waals surface area (Å²) in [4.78, 5) is 38.9. The second kappa shape index (κ2) is 6.86. The SMILES string of the molecule is CC(NC(=O)CN1C(=O)NC2(CCCCCC2)C1=O)C1CC2CCC1C2. The zero-order valence-corrected chi connectivity index (χ0v) is 15.8. The molecule has 4 aliphatic rings. The first-order valence-electron chi connectivity index (χ1n) is 10.4. The van der Waals surface area contributed by atoms with Gasteiger partial charge < -0.3 is 10.6 Å². The highest BCUT2D eigenvalue weighted by molar-refractivity contribution is 6.09. The van der Waals surface area contributed by atoms with E-state index in [1.54, 1.807) is 0 Å². The molecule has 1 saturated heterocycles. The highest BCUT2D eigenvalue weighted by Crippen LogP contribution is 2.49. The first-order chi connectivity index (χ1) is 12.5. The number of amides is 4. The van der Waals surface area contributed by atoms with Gasteiger partial charge in [-0.2, -0.15) is 0 Å². The van der Waals surface area contributed by atoms with Gasteiger partial charge in [0.1, 0.15) is 12.1 Å². The molecule has 4 rings (SSSR count). The van der Waals surface area contributed by atoms with Crippen molar-refractivity contribution in [2.75, 3.05) is 6.54 Å². The molecular weight excluding hydrogens is 330 g/mol. The molecule has 1 aliphatic heterocycles. The van der Waals surface area contributed by atoms with Gasteiger partial charge in [0.2, 0.25) is 5.91 Å². The Kier molecular flexibility index (Phi) is 4.70. The maximum absolute atomic E-state index is 12.9. The fraction of sp³-hybridized carbons (Fsp3) is 0.850. The summed E-state index contributed by atoms with van der Waals surface area (Å²) >= 11 is 0. The molecule has 0 aromatic carbocycles. The van der Waals surface area contributed by atoms with Crippen LogP contribution in [-0.4, -0.2) is 40.9 Å². The molecule has 1 heterocycles. The van der Waals surface area contributed by atoms with E-state index in [0.717, 1.165) is 42.4 Å². The number of carbonyl (C=O) groups is 3. The van der Waals surface area contributed by atoms with E-state index in [2.05, 4.69) is 17.6 Å². The summed E-state index contributed by atoms with van der Waals surface area (Å²) in [5.74, 6) is 1.71. The number of nitrogens with zero attached hydrogens (tertiary/aromatic N) is 1. The first kappa shape index (κ1) is 17.8. The number of fused-ring (bicyclic) bond motifs is 2. The van der Waals surface area contributed by atoms with Gasteiger partial charge in [-0.25, -0.2) is 4.79 Å². The Labute approximate surface area is 155 Å². The van der Waals surface area contributed by atoms with Crippen LogP contribution in [-0.2, 0) is 9.59 Å². The lowest BCUT2D eigenvalue weighted by atomic mass is 9.84. The van der Waals surface area contributed by atoms with Crippen LogP contribution < -0.4 is 10.6 Å². The molecule has 0 aromatic heterocycles. The Bertz CT molecular complexity index is 597. The Morgan fingerprint density at radius 3 is 2.54 bits per heavy atom. The monoisotopic (exact) mass is 361 g/mol. The average Bonchev–Trinajstić information content (AvgIpc) is 3.23. The Morgan fingerprint density at radius 1 is 1.19 bits per heavy atom. The molecular formula is C20H31N3O3. The summed E-state index contributed by atoms with van der Waals surface area (Å²) in [6.07, 6.45) is 10.6. The first-order valence-corrected chi connectivity index (χ1v) is 10.4. The minimum atomic E-state index is -0.760. The van der Waals surface area contributed by atoms with Crippen molar-refractivity contribution in [1.82, 2.24) is 15.5 Å². The number of carbonyl (C=O) groups excluding carboxylic acids is 3. The standard InChI is InChI=1S/C20H31N3O3/c1-13(16-11-14-6-7-15(16)10-14)21-17(24)12-23-18(25)20(22-19(23)26)8-4-2-3-5-9-20/h13-16H,2-12H2,1H3,(H,21,24)(H,22,26). The van der Waals surface area contributed by atoms with Crippen molar-refractivity contribution < 1.29 is 14.4 Å². The summed E-state index contributed by atoms with van der Waals surface area (Å²) in [7, 11) is 0. The van der Waals surface area contributed by atoms with Gasteiger partial charge in [-0.15, -0.1) is 0 Å². The third-order valence-corrected chi connectivity index (χ3v) is 7.33. The van der Waals surface area contributed by atoms with Crippen LogP contribution in [0.25, 0.3) is 0 Å². The Hall–Kier alpha value is -1.59. The zero-order chi connectivity index (χ0) is 18.3. The predicted molar refractivity (Wildman–Crippen MR) is 97.2 cm³/mol. The van der Waals surface area contributed by atoms with Gasteiger partial charge in [0.05, 0.1) is 0 Å². The van der Waals surface area contributed by atoms with Crippen molar-refractivity contribution >= 4 is 17.8 Å². The van der Waals surface area contributed by atoms with Crippen LogP contribution in [0.15, 0.2) is 0 Å². The van der Waals surface area contributed by atoms with Crippen molar-refractivity contribution in [1.29, 1.82) is 0 Å². The summed E-state index contributed by atoms with van der Waals surface area (Å²) in [5.41, 5.74) is -0.760. The van der Waals surface area contributed by atoms with Crippen LogP contribution in [0.4, 0.5) is 4.79 Å². The molecule has 26 heavy (non-hydrogen) atoms. The van der Waals surface area contributed by atoms with E-state index in [0.29, 0.717) is 18.8 Å². The van der Waals surface area contributed by atoms with Crippen LogP contribution in [0, 0.1) is 17.8 Å². The lowest BCUT2D eigenvalue weighted by Gasteiger charge is -2.29. The quantitative estimate of drug-likeness (QED) is 0.756. The van der Waals surface area contributed by atoms with Crippen molar-refractivity contribution in [3.8, 4) is 0 Å². The molecule has 3 aliphatic carbocycles. The summed E-state index contributed by atoms with van der Waals surface area (Å²) in [5, 5.41) is 5.97. The van der Waals surface area contributed by atoms with E-state index >= 15 is 0 Å². The highest BCUT2D eigenvalue weighted by atomic mass is 16.2. The molecule has 4 atom stereocenters. The average molecular weight is 361 g/mol. The smallest absolute Gasteiger partial charge is 0.325 e. The van der Waals surface area contributed by atoms with Gasteiger partial charge in [-0.1, -0.05) is 32.1 Å². The molecule has 4 amide bonds. The van der Waals surface area contributed by atoms with Gasteiger partial charge in [-0.3, -0.25) is 14.5 Å².